The van der Waals surface area contributed by atoms with Gasteiger partial charge in [-0.1, -0.05) is 50.1 Å². The van der Waals surface area contributed by atoms with Crippen LogP contribution in [0, 0.1) is 0 Å². The predicted octanol–water partition coefficient (Wildman–Crippen LogP) is -6.29. The largest absolute Gasteiger partial charge is 1.00 e. The van der Waals surface area contributed by atoms with Crippen LogP contribution in [-0.2, 0) is 17.6 Å². The molecule has 2 aromatic carbocycles. The molecule has 0 saturated carbocycles. The van der Waals surface area contributed by atoms with E-state index in [2.05, 4.69) is 0 Å². The van der Waals surface area contributed by atoms with Crippen LogP contribution in [0.15, 0.2) is 42.5 Å². The molecule has 1 amide bonds. The average Bonchev–Trinajstić information content (AvgIpc) is 2.69. The summed E-state index contributed by atoms with van der Waals surface area (Å²) >= 11 is 0. The summed E-state index contributed by atoms with van der Waals surface area (Å²) in [5.74, 6) is -1.90. The molecule has 0 spiro atoms. The monoisotopic (exact) mass is 488 g/mol. The number of aromatic carboxylic acids is 1. The van der Waals surface area contributed by atoms with Gasteiger partial charge in [0.1, 0.15) is 11.9 Å². The zero-order valence-electron chi connectivity index (χ0n) is 18.8. The van der Waals surface area contributed by atoms with E-state index >= 15 is 0 Å². The molecule has 1 atom stereocenters. The minimum atomic E-state index is -3.13. The van der Waals surface area contributed by atoms with Gasteiger partial charge in [0.15, 0.2) is 0 Å². The van der Waals surface area contributed by atoms with Gasteiger partial charge in [-0.3, -0.25) is 4.79 Å². The van der Waals surface area contributed by atoms with Gasteiger partial charge in [0.2, 0.25) is 5.91 Å². The Morgan fingerprint density at radius 2 is 1.82 bits per heavy atom. The maximum absolute atomic E-state index is 12.5. The molecular weight excluding hydrogens is 461 g/mol. The fourth-order valence-corrected chi connectivity index (χ4v) is 3.88. The fourth-order valence-electron chi connectivity index (χ4n) is 3.88. The van der Waals surface area contributed by atoms with Crippen LogP contribution in [0.1, 0.15) is 28.9 Å². The first-order valence-electron chi connectivity index (χ1n) is 10.1. The summed E-state index contributed by atoms with van der Waals surface area (Å²) in [6.45, 7) is -2.60. The van der Waals surface area contributed by atoms with Gasteiger partial charge in [-0.2, -0.15) is 0 Å². The van der Waals surface area contributed by atoms with Crippen molar-refractivity contribution in [2.24, 2.45) is 5.73 Å². The molecule has 9 nitrogen and oxygen atoms in total. The van der Waals surface area contributed by atoms with E-state index in [4.69, 9.17) is 15.1 Å². The van der Waals surface area contributed by atoms with E-state index in [1.807, 2.05) is 30.3 Å². The fraction of sp³-hybridized carbons (Fsp3) is 0.364. The Kier molecular flexibility index (Phi) is 11.6. The van der Waals surface area contributed by atoms with Crippen LogP contribution in [-0.4, -0.2) is 58.8 Å². The van der Waals surface area contributed by atoms with Crippen LogP contribution in [0.25, 0.3) is 0 Å². The Balaban J connectivity index is 0.00000193. The quantitative estimate of drug-likeness (QED) is 0.341. The number of rotatable bonds is 6. The second-order valence-corrected chi connectivity index (χ2v) is 8.01. The number of ether oxygens (including phenoxy) is 1. The predicted molar refractivity (Wildman–Crippen MR) is 116 cm³/mol. The minimum absolute atomic E-state index is 0. The summed E-state index contributed by atoms with van der Waals surface area (Å²) in [4.78, 5) is 25.8. The van der Waals surface area contributed by atoms with Crippen molar-refractivity contribution in [1.29, 1.82) is 0 Å². The van der Waals surface area contributed by atoms with Gasteiger partial charge < -0.3 is 40.0 Å². The van der Waals surface area contributed by atoms with Crippen LogP contribution < -0.4 is 79.3 Å². The van der Waals surface area contributed by atoms with E-state index in [-0.39, 0.29) is 115 Å². The molecule has 1 saturated heterocycles. The molecule has 2 aliphatic heterocycles. The first-order chi connectivity index (χ1) is 14.7. The number of aryl methyl sites for hydroxylation is 1. The van der Waals surface area contributed by atoms with Gasteiger partial charge in [-0.15, -0.1) is 0 Å². The number of nitrogens with two attached hydrogens (primary N) is 1. The van der Waals surface area contributed by atoms with E-state index in [1.165, 1.54) is 6.07 Å². The third-order valence-electron chi connectivity index (χ3n) is 5.57. The van der Waals surface area contributed by atoms with Gasteiger partial charge in [0.25, 0.3) is 0 Å². The molecule has 0 unspecified atom stereocenters. The number of carbonyl (C=O) groups is 2. The zero-order chi connectivity index (χ0) is 22.2. The van der Waals surface area contributed by atoms with E-state index in [0.717, 1.165) is 5.56 Å². The Bertz CT molecular complexity index is 1000. The SMILES string of the molecule is C.N[C@H](Cc1ccccc1)C(=O)N1CC(Oc2ccc3c(c2C(=O)[O-])O[B-](O)(O)CC3)C1.[Na+].[Na+]. The summed E-state index contributed by atoms with van der Waals surface area (Å²) in [5, 5.41) is 31.3. The molecule has 34 heavy (non-hydrogen) atoms. The number of benzene rings is 2. The topological polar surface area (TPSA) is 145 Å². The van der Waals surface area contributed by atoms with Crippen molar-refractivity contribution in [1.82, 2.24) is 4.90 Å². The summed E-state index contributed by atoms with van der Waals surface area (Å²) in [5.41, 5.74) is 7.18. The van der Waals surface area contributed by atoms with Crippen LogP contribution in [0.5, 0.6) is 11.5 Å². The van der Waals surface area contributed by atoms with E-state index in [0.29, 0.717) is 12.0 Å². The second kappa shape index (κ2) is 12.8. The normalized spacial score (nSPS) is 16.7. The number of likely N-dealkylation sites (tertiary alicyclic amines) is 1. The van der Waals surface area contributed by atoms with Gasteiger partial charge in [0.05, 0.1) is 36.4 Å². The smallest absolute Gasteiger partial charge is 0.669 e. The van der Waals surface area contributed by atoms with E-state index in [9.17, 15) is 24.7 Å². The Hall–Kier alpha value is -1.08. The van der Waals surface area contributed by atoms with Gasteiger partial charge in [-0.05, 0) is 30.0 Å². The molecule has 2 heterocycles. The number of carboxylic acid groups (broad SMARTS) is 1. The Morgan fingerprint density at radius 1 is 1.18 bits per heavy atom. The van der Waals surface area contributed by atoms with Crippen LogP contribution >= 0.6 is 0 Å². The van der Waals surface area contributed by atoms with Gasteiger partial charge in [0, 0.05) is 0 Å². The molecule has 172 valence electrons. The number of amides is 1. The van der Waals surface area contributed by atoms with Crippen LogP contribution in [0.3, 0.4) is 0 Å². The third kappa shape index (κ3) is 6.99. The van der Waals surface area contributed by atoms with Crippen molar-refractivity contribution in [3.63, 3.8) is 0 Å². The molecule has 4 N–H and O–H groups in total. The molecule has 0 bridgehead atoms. The minimum Gasteiger partial charge on any atom is -0.669 e. The van der Waals surface area contributed by atoms with Crippen LogP contribution in [0.4, 0.5) is 0 Å². The summed E-state index contributed by atoms with van der Waals surface area (Å²) in [6.07, 6.45) is 0.229. The Labute approximate surface area is 243 Å². The van der Waals surface area contributed by atoms with Gasteiger partial charge >= 0.3 is 65.9 Å². The van der Waals surface area contributed by atoms with Crippen molar-refractivity contribution < 1.29 is 93.2 Å². The number of hydrogen-bond donors (Lipinski definition) is 3. The second-order valence-electron chi connectivity index (χ2n) is 8.01. The maximum Gasteiger partial charge on any atom is 1.00 e. The molecule has 1 fully saturated rings. The average molecular weight is 488 g/mol. The van der Waals surface area contributed by atoms with Crippen molar-refractivity contribution in [2.45, 2.75) is 38.7 Å². The summed E-state index contributed by atoms with van der Waals surface area (Å²) in [7, 11) is 0. The zero-order valence-corrected chi connectivity index (χ0v) is 22.8. The number of hydrogen-bond acceptors (Lipinski definition) is 8. The standard InChI is InChI=1S/C21H24BN2O7.CH4.2Na/c23-16(10-13-4-2-1-3-5-13)20(25)24-11-15(12-24)30-17-7-6-14-8-9-22(28,29)31-19(14)18(17)21(26)27;;;/h1-7,15-16,28-29H,8-12,23H2,(H,26,27);1H4;;/q-1;;2*+1/p-1/t16-;;;/m1.../s1. The Morgan fingerprint density at radius 3 is 2.44 bits per heavy atom. The van der Waals surface area contributed by atoms with Crippen molar-refractivity contribution in [3.8, 4) is 11.5 Å². The van der Waals surface area contributed by atoms with E-state index < -0.39 is 24.9 Å². The van der Waals surface area contributed by atoms with Crippen molar-refractivity contribution >= 4 is 18.6 Å². The van der Waals surface area contributed by atoms with Crippen molar-refractivity contribution in [3.05, 3.63) is 59.2 Å². The molecule has 0 radical (unpaired) electrons. The molecule has 0 aliphatic carbocycles. The molecular formula is C22H27BN2Na2O7. The number of fused-ring (bicyclic) bond motifs is 1. The molecule has 0 aromatic heterocycles. The number of carboxylic acids is 1. The van der Waals surface area contributed by atoms with Crippen LogP contribution in [0.2, 0.25) is 6.32 Å². The first kappa shape index (κ1) is 31.0. The van der Waals surface area contributed by atoms with E-state index in [1.54, 1.807) is 11.0 Å². The molecule has 2 aromatic rings. The molecule has 12 heteroatoms. The van der Waals surface area contributed by atoms with Gasteiger partial charge in [-0.25, -0.2) is 0 Å². The summed E-state index contributed by atoms with van der Waals surface area (Å²) in [6, 6.07) is 11.9. The summed E-state index contributed by atoms with van der Waals surface area (Å²) < 4.78 is 10.9. The number of carbonyl (C=O) groups excluding carboxylic acids is 2. The maximum atomic E-state index is 12.5. The van der Waals surface area contributed by atoms with Crippen molar-refractivity contribution in [2.75, 3.05) is 13.1 Å². The first-order valence-corrected chi connectivity index (χ1v) is 10.1. The molecule has 4 rings (SSSR count). The third-order valence-corrected chi connectivity index (χ3v) is 5.57. The molecule has 2 aliphatic rings. The number of nitrogens with zero attached hydrogens (tertiary/aromatic N) is 1.